The maximum Gasteiger partial charge on any atom is 0.308 e. The van der Waals surface area contributed by atoms with Gasteiger partial charge in [0, 0.05) is 12.1 Å². The van der Waals surface area contributed by atoms with Gasteiger partial charge in [0.15, 0.2) is 5.69 Å². The van der Waals surface area contributed by atoms with Crippen LogP contribution in [0.1, 0.15) is 28.7 Å². The summed E-state index contributed by atoms with van der Waals surface area (Å²) in [6.45, 7) is 5.02. The number of aryl methyl sites for hydroxylation is 1. The number of rotatable bonds is 4. The predicted octanol–water partition coefficient (Wildman–Crippen LogP) is 0.742. The Labute approximate surface area is 92.6 Å². The molecule has 1 unspecified atom stereocenters. The summed E-state index contributed by atoms with van der Waals surface area (Å²) in [5.74, 6) is -1.41. The van der Waals surface area contributed by atoms with Gasteiger partial charge in [-0.05, 0) is 13.8 Å². The number of carboxylic acid groups (broad SMARTS) is 1. The van der Waals surface area contributed by atoms with Gasteiger partial charge in [0.2, 0.25) is 0 Å². The normalized spacial score (nSPS) is 12.2. The molecule has 16 heavy (non-hydrogen) atoms. The highest BCUT2D eigenvalue weighted by Gasteiger charge is 2.18. The number of aromatic nitrogens is 1. The molecular weight excluding hydrogens is 212 g/mol. The first-order valence-corrected chi connectivity index (χ1v) is 4.87. The lowest BCUT2D eigenvalue weighted by Crippen LogP contribution is -2.32. The fourth-order valence-corrected chi connectivity index (χ4v) is 1.05. The van der Waals surface area contributed by atoms with Gasteiger partial charge in [-0.15, -0.1) is 0 Å². The van der Waals surface area contributed by atoms with Crippen LogP contribution in [-0.4, -0.2) is 28.7 Å². The molecule has 1 rings (SSSR count). The molecule has 0 saturated heterocycles. The minimum atomic E-state index is -0.951. The Morgan fingerprint density at radius 3 is 2.56 bits per heavy atom. The third-order valence-corrected chi connectivity index (χ3v) is 2.36. The van der Waals surface area contributed by atoms with E-state index in [1.807, 2.05) is 0 Å². The van der Waals surface area contributed by atoms with E-state index >= 15 is 0 Å². The van der Waals surface area contributed by atoms with E-state index < -0.39 is 17.8 Å². The van der Waals surface area contributed by atoms with E-state index in [1.54, 1.807) is 13.8 Å². The summed E-state index contributed by atoms with van der Waals surface area (Å²) in [7, 11) is 0. The number of hydrogen-bond donors (Lipinski definition) is 2. The molecule has 1 aromatic rings. The van der Waals surface area contributed by atoms with Crippen molar-refractivity contribution >= 4 is 11.9 Å². The van der Waals surface area contributed by atoms with E-state index in [1.165, 1.54) is 6.92 Å². The van der Waals surface area contributed by atoms with Gasteiger partial charge in [0.25, 0.3) is 5.91 Å². The molecule has 6 nitrogen and oxygen atoms in total. The lowest BCUT2D eigenvalue weighted by molar-refractivity contribution is -0.140. The highest BCUT2D eigenvalue weighted by Crippen LogP contribution is 2.10. The summed E-state index contributed by atoms with van der Waals surface area (Å²) in [6.07, 6.45) is 0. The second-order valence-corrected chi connectivity index (χ2v) is 3.66. The van der Waals surface area contributed by atoms with E-state index in [9.17, 15) is 9.59 Å². The Morgan fingerprint density at radius 2 is 2.12 bits per heavy atom. The van der Waals surface area contributed by atoms with Crippen LogP contribution in [0.4, 0.5) is 0 Å². The third kappa shape index (κ3) is 2.59. The van der Waals surface area contributed by atoms with Gasteiger partial charge in [0.1, 0.15) is 5.76 Å². The van der Waals surface area contributed by atoms with Crippen molar-refractivity contribution in [3.05, 3.63) is 17.0 Å². The Morgan fingerprint density at radius 1 is 1.50 bits per heavy atom. The molecule has 88 valence electrons. The molecule has 1 atom stereocenters. The molecule has 6 heteroatoms. The van der Waals surface area contributed by atoms with Gasteiger partial charge in [-0.1, -0.05) is 12.1 Å². The first-order chi connectivity index (χ1) is 7.43. The van der Waals surface area contributed by atoms with Crippen molar-refractivity contribution in [3.63, 3.8) is 0 Å². The Bertz CT molecular complexity index is 411. The predicted molar refractivity (Wildman–Crippen MR) is 55.1 cm³/mol. The second kappa shape index (κ2) is 4.78. The molecule has 0 aliphatic heterocycles. The van der Waals surface area contributed by atoms with Gasteiger partial charge in [-0.2, -0.15) is 0 Å². The van der Waals surface area contributed by atoms with Crippen LogP contribution in [0.2, 0.25) is 0 Å². The van der Waals surface area contributed by atoms with E-state index in [0.717, 1.165) is 0 Å². The minimum Gasteiger partial charge on any atom is -0.481 e. The van der Waals surface area contributed by atoms with Crippen LogP contribution in [0.5, 0.6) is 0 Å². The zero-order chi connectivity index (χ0) is 12.3. The number of carbonyl (C=O) groups is 2. The summed E-state index contributed by atoms with van der Waals surface area (Å²) < 4.78 is 4.84. The first kappa shape index (κ1) is 12.2. The average molecular weight is 226 g/mol. The van der Waals surface area contributed by atoms with Gasteiger partial charge in [-0.3, -0.25) is 9.59 Å². The number of nitrogens with one attached hydrogen (secondary N) is 1. The molecule has 0 aliphatic carbocycles. The fourth-order valence-electron chi connectivity index (χ4n) is 1.05. The molecule has 0 fully saturated rings. The smallest absolute Gasteiger partial charge is 0.308 e. The largest absolute Gasteiger partial charge is 0.481 e. The number of carboxylic acids is 1. The average Bonchev–Trinajstić information content (AvgIpc) is 2.55. The van der Waals surface area contributed by atoms with Crippen molar-refractivity contribution in [2.75, 3.05) is 6.54 Å². The van der Waals surface area contributed by atoms with Crippen molar-refractivity contribution in [1.29, 1.82) is 0 Å². The zero-order valence-corrected chi connectivity index (χ0v) is 9.40. The zero-order valence-electron chi connectivity index (χ0n) is 9.40. The number of amides is 1. The SMILES string of the molecule is Cc1onc(C(=O)NCC(C)C(=O)O)c1C. The minimum absolute atomic E-state index is 0.0690. The molecule has 0 saturated carbocycles. The van der Waals surface area contributed by atoms with Gasteiger partial charge >= 0.3 is 5.97 Å². The molecule has 0 aromatic carbocycles. The number of aliphatic carboxylic acids is 1. The van der Waals surface area contributed by atoms with E-state index in [0.29, 0.717) is 11.3 Å². The van der Waals surface area contributed by atoms with Gasteiger partial charge in [-0.25, -0.2) is 0 Å². The molecule has 0 bridgehead atoms. The van der Waals surface area contributed by atoms with Crippen LogP contribution in [0.3, 0.4) is 0 Å². The molecular formula is C10H14N2O4. The summed E-state index contributed by atoms with van der Waals surface area (Å²) >= 11 is 0. The van der Waals surface area contributed by atoms with E-state index in [-0.39, 0.29) is 12.2 Å². The van der Waals surface area contributed by atoms with Gasteiger partial charge < -0.3 is 14.9 Å². The first-order valence-electron chi connectivity index (χ1n) is 4.87. The number of nitrogens with zero attached hydrogens (tertiary/aromatic N) is 1. The standard InChI is InChI=1S/C10H14N2O4/c1-5(10(14)15)4-11-9(13)8-6(2)7(3)16-12-8/h5H,4H2,1-3H3,(H,11,13)(H,14,15). The van der Waals surface area contributed by atoms with Crippen LogP contribution in [0.15, 0.2) is 4.52 Å². The lowest BCUT2D eigenvalue weighted by Gasteiger charge is -2.06. The van der Waals surface area contributed by atoms with Crippen molar-refractivity contribution in [2.45, 2.75) is 20.8 Å². The molecule has 1 amide bonds. The molecule has 2 N–H and O–H groups in total. The Kier molecular flexibility index (Phi) is 3.65. The number of carbonyl (C=O) groups excluding carboxylic acids is 1. The summed E-state index contributed by atoms with van der Waals surface area (Å²) in [5.41, 5.74) is 0.871. The summed E-state index contributed by atoms with van der Waals surface area (Å²) in [5, 5.41) is 14.7. The maximum atomic E-state index is 11.6. The highest BCUT2D eigenvalue weighted by molar-refractivity contribution is 5.93. The van der Waals surface area contributed by atoms with Crippen LogP contribution in [-0.2, 0) is 4.79 Å². The summed E-state index contributed by atoms with van der Waals surface area (Å²) in [6, 6.07) is 0. The molecule has 1 aromatic heterocycles. The highest BCUT2D eigenvalue weighted by atomic mass is 16.5. The molecule has 0 radical (unpaired) electrons. The van der Waals surface area contributed by atoms with Crippen LogP contribution in [0, 0.1) is 19.8 Å². The fraction of sp³-hybridized carbons (Fsp3) is 0.500. The van der Waals surface area contributed by atoms with Crippen molar-refractivity contribution in [2.24, 2.45) is 5.92 Å². The Balaban J connectivity index is 2.60. The Hall–Kier alpha value is -1.85. The third-order valence-electron chi connectivity index (χ3n) is 2.36. The van der Waals surface area contributed by atoms with Crippen LogP contribution >= 0.6 is 0 Å². The van der Waals surface area contributed by atoms with Crippen molar-refractivity contribution in [3.8, 4) is 0 Å². The van der Waals surface area contributed by atoms with Crippen molar-refractivity contribution < 1.29 is 19.2 Å². The molecule has 0 aliphatic rings. The summed E-state index contributed by atoms with van der Waals surface area (Å²) in [4.78, 5) is 22.1. The monoisotopic (exact) mass is 226 g/mol. The quantitative estimate of drug-likeness (QED) is 0.790. The number of hydrogen-bond acceptors (Lipinski definition) is 4. The molecule has 0 spiro atoms. The van der Waals surface area contributed by atoms with E-state index in [2.05, 4.69) is 10.5 Å². The maximum absolute atomic E-state index is 11.6. The van der Waals surface area contributed by atoms with Crippen LogP contribution in [0.25, 0.3) is 0 Å². The second-order valence-electron chi connectivity index (χ2n) is 3.66. The topological polar surface area (TPSA) is 92.4 Å². The van der Waals surface area contributed by atoms with Gasteiger partial charge in [0.05, 0.1) is 5.92 Å². The lowest BCUT2D eigenvalue weighted by atomic mass is 10.1. The van der Waals surface area contributed by atoms with Crippen molar-refractivity contribution in [1.82, 2.24) is 10.5 Å². The van der Waals surface area contributed by atoms with Crippen LogP contribution < -0.4 is 5.32 Å². The van der Waals surface area contributed by atoms with E-state index in [4.69, 9.17) is 9.63 Å². The molecule has 1 heterocycles.